The van der Waals surface area contributed by atoms with Crippen LogP contribution in [0.2, 0.25) is 0 Å². The summed E-state index contributed by atoms with van der Waals surface area (Å²) in [4.78, 5) is 7.52. The minimum atomic E-state index is -0.355. The molecular weight excluding hydrogens is 302 g/mol. The van der Waals surface area contributed by atoms with Crippen molar-refractivity contribution in [3.63, 3.8) is 0 Å². The fourth-order valence-electron chi connectivity index (χ4n) is 2.85. The second-order valence-corrected chi connectivity index (χ2v) is 5.44. The van der Waals surface area contributed by atoms with Crippen molar-refractivity contribution >= 4 is 16.7 Å². The van der Waals surface area contributed by atoms with E-state index in [0.29, 0.717) is 5.76 Å². The highest BCUT2D eigenvalue weighted by Gasteiger charge is 2.27. The number of fused-ring (bicyclic) bond motifs is 1. The molecule has 24 heavy (non-hydrogen) atoms. The van der Waals surface area contributed by atoms with E-state index in [0.717, 1.165) is 22.3 Å². The van der Waals surface area contributed by atoms with Crippen LogP contribution in [0, 0.1) is 0 Å². The van der Waals surface area contributed by atoms with Crippen molar-refractivity contribution in [1.82, 2.24) is 4.98 Å². The molecule has 1 atom stereocenters. The van der Waals surface area contributed by atoms with Crippen LogP contribution in [0.4, 0.5) is 5.82 Å². The third kappa shape index (κ3) is 2.56. The SMILES string of the molecule is Oc1ccc2ncccc2c1[C@@H](Nc1cccc[nH+]1)c1ccco1. The van der Waals surface area contributed by atoms with E-state index in [2.05, 4.69) is 15.3 Å². The van der Waals surface area contributed by atoms with Crippen molar-refractivity contribution in [2.24, 2.45) is 0 Å². The van der Waals surface area contributed by atoms with E-state index >= 15 is 0 Å². The number of phenols is 1. The van der Waals surface area contributed by atoms with Crippen LogP contribution in [0.3, 0.4) is 0 Å². The first-order valence-electron chi connectivity index (χ1n) is 7.66. The number of hydrogen-bond donors (Lipinski definition) is 2. The van der Waals surface area contributed by atoms with Crippen LogP contribution >= 0.6 is 0 Å². The lowest BCUT2D eigenvalue weighted by atomic mass is 9.98. The zero-order chi connectivity index (χ0) is 16.4. The van der Waals surface area contributed by atoms with E-state index in [1.165, 1.54) is 0 Å². The van der Waals surface area contributed by atoms with Crippen LogP contribution in [-0.4, -0.2) is 10.1 Å². The van der Waals surface area contributed by atoms with Gasteiger partial charge < -0.3 is 9.52 Å². The number of rotatable bonds is 4. The van der Waals surface area contributed by atoms with Crippen LogP contribution in [0.5, 0.6) is 5.75 Å². The number of benzene rings is 1. The normalized spacial score (nSPS) is 12.2. The fourth-order valence-corrected chi connectivity index (χ4v) is 2.85. The number of nitrogens with one attached hydrogen (secondary N) is 2. The Hall–Kier alpha value is -3.34. The monoisotopic (exact) mass is 318 g/mol. The maximum atomic E-state index is 10.5. The van der Waals surface area contributed by atoms with Crippen molar-refractivity contribution in [3.05, 3.63) is 84.6 Å². The molecule has 0 aliphatic heterocycles. The molecule has 3 aromatic heterocycles. The first-order chi connectivity index (χ1) is 11.8. The molecule has 3 heterocycles. The van der Waals surface area contributed by atoms with Gasteiger partial charge in [-0.25, -0.2) is 4.98 Å². The molecule has 118 valence electrons. The molecule has 0 bridgehead atoms. The second kappa shape index (κ2) is 6.04. The molecule has 0 unspecified atom stereocenters. The van der Waals surface area contributed by atoms with Crippen LogP contribution in [0.1, 0.15) is 17.4 Å². The molecule has 0 saturated heterocycles. The summed E-state index contributed by atoms with van der Waals surface area (Å²) in [7, 11) is 0. The highest BCUT2D eigenvalue weighted by Crippen LogP contribution is 2.36. The number of H-pyrrole nitrogens is 1. The Kier molecular flexibility index (Phi) is 3.59. The Morgan fingerprint density at radius 3 is 2.79 bits per heavy atom. The molecule has 0 spiro atoms. The van der Waals surface area contributed by atoms with Crippen LogP contribution in [0.15, 0.2) is 77.7 Å². The summed E-state index contributed by atoms with van der Waals surface area (Å²) in [6.07, 6.45) is 5.20. The predicted molar refractivity (Wildman–Crippen MR) is 90.6 cm³/mol. The van der Waals surface area contributed by atoms with Gasteiger partial charge in [-0.2, -0.15) is 0 Å². The lowest BCUT2D eigenvalue weighted by Gasteiger charge is -2.16. The van der Waals surface area contributed by atoms with E-state index in [1.807, 2.05) is 54.7 Å². The number of aromatic nitrogens is 2. The molecule has 5 heteroatoms. The van der Waals surface area contributed by atoms with E-state index in [-0.39, 0.29) is 11.8 Å². The molecule has 0 saturated carbocycles. The fraction of sp³-hybridized carbons (Fsp3) is 0.0526. The maximum absolute atomic E-state index is 10.5. The average molecular weight is 318 g/mol. The Balaban J connectivity index is 1.90. The van der Waals surface area contributed by atoms with Gasteiger partial charge in [0.2, 0.25) is 0 Å². The van der Waals surface area contributed by atoms with Gasteiger partial charge in [0, 0.05) is 17.6 Å². The quantitative estimate of drug-likeness (QED) is 0.603. The Bertz CT molecular complexity index is 953. The number of furan rings is 1. The first kappa shape index (κ1) is 14.3. The highest BCUT2D eigenvalue weighted by atomic mass is 16.3. The minimum absolute atomic E-state index is 0.195. The first-order valence-corrected chi connectivity index (χ1v) is 7.66. The van der Waals surface area contributed by atoms with Crippen molar-refractivity contribution in [2.45, 2.75) is 6.04 Å². The molecule has 0 radical (unpaired) electrons. The summed E-state index contributed by atoms with van der Waals surface area (Å²) < 4.78 is 5.62. The molecule has 4 rings (SSSR count). The zero-order valence-corrected chi connectivity index (χ0v) is 12.8. The van der Waals surface area contributed by atoms with Crippen molar-refractivity contribution in [3.8, 4) is 5.75 Å². The molecule has 3 N–H and O–H groups in total. The number of nitrogens with zero attached hydrogens (tertiary/aromatic N) is 1. The largest absolute Gasteiger partial charge is 0.507 e. The minimum Gasteiger partial charge on any atom is -0.507 e. The van der Waals surface area contributed by atoms with Gasteiger partial charge in [-0.1, -0.05) is 12.1 Å². The van der Waals surface area contributed by atoms with Crippen LogP contribution < -0.4 is 10.3 Å². The predicted octanol–water partition coefficient (Wildman–Crippen LogP) is 3.55. The smallest absolute Gasteiger partial charge is 0.273 e. The molecule has 0 aliphatic carbocycles. The van der Waals surface area contributed by atoms with Gasteiger partial charge in [-0.05, 0) is 36.4 Å². The number of aromatic amines is 1. The van der Waals surface area contributed by atoms with Crippen LogP contribution in [0.25, 0.3) is 10.9 Å². The summed E-state index contributed by atoms with van der Waals surface area (Å²) in [6, 6.07) is 16.4. The summed E-state index contributed by atoms with van der Waals surface area (Å²) in [5, 5.41) is 14.8. The van der Waals surface area contributed by atoms with E-state index in [1.54, 1.807) is 18.5 Å². The zero-order valence-electron chi connectivity index (χ0n) is 12.8. The van der Waals surface area contributed by atoms with Crippen molar-refractivity contribution in [2.75, 3.05) is 5.32 Å². The number of aromatic hydroxyl groups is 1. The van der Waals surface area contributed by atoms with Gasteiger partial charge in [-0.3, -0.25) is 10.3 Å². The number of phenolic OH excluding ortho intramolecular Hbond substituents is 1. The number of anilines is 1. The molecule has 0 amide bonds. The third-order valence-corrected chi connectivity index (χ3v) is 3.93. The lowest BCUT2D eigenvalue weighted by Crippen LogP contribution is -2.18. The van der Waals surface area contributed by atoms with E-state index in [4.69, 9.17) is 4.42 Å². The van der Waals surface area contributed by atoms with Gasteiger partial charge in [-0.15, -0.1) is 0 Å². The second-order valence-electron chi connectivity index (χ2n) is 5.44. The standard InChI is InChI=1S/C19H15N3O2/c23-15-9-8-14-13(5-3-11-20-14)18(15)19(16-6-4-12-24-16)22-17-7-1-2-10-21-17/h1-12,19,23H,(H,21,22)/p+1/t19-/m0/s1. The Morgan fingerprint density at radius 2 is 2.00 bits per heavy atom. The topological polar surface area (TPSA) is 72.4 Å². The summed E-state index contributed by atoms with van der Waals surface area (Å²) in [5.74, 6) is 1.72. The Labute approximate surface area is 138 Å². The maximum Gasteiger partial charge on any atom is 0.273 e. The molecule has 0 fully saturated rings. The van der Waals surface area contributed by atoms with Gasteiger partial charge in [0.25, 0.3) is 5.82 Å². The van der Waals surface area contributed by atoms with Crippen LogP contribution in [-0.2, 0) is 0 Å². The molecule has 0 aliphatic rings. The highest BCUT2D eigenvalue weighted by molar-refractivity contribution is 5.85. The van der Waals surface area contributed by atoms with Crippen molar-refractivity contribution < 1.29 is 14.5 Å². The van der Waals surface area contributed by atoms with E-state index in [9.17, 15) is 5.11 Å². The third-order valence-electron chi connectivity index (χ3n) is 3.93. The average Bonchev–Trinajstić information content (AvgIpc) is 3.15. The molecular formula is C19H16N3O2+. The molecule has 1 aromatic carbocycles. The summed E-state index contributed by atoms with van der Waals surface area (Å²) in [6.45, 7) is 0. The summed E-state index contributed by atoms with van der Waals surface area (Å²) >= 11 is 0. The van der Waals surface area contributed by atoms with E-state index < -0.39 is 0 Å². The molecule has 5 nitrogen and oxygen atoms in total. The lowest BCUT2D eigenvalue weighted by molar-refractivity contribution is -0.361. The number of pyridine rings is 2. The van der Waals surface area contributed by atoms with Gasteiger partial charge in [0.15, 0.2) is 11.8 Å². The summed E-state index contributed by atoms with van der Waals surface area (Å²) in [5.41, 5.74) is 1.55. The van der Waals surface area contributed by atoms with Gasteiger partial charge >= 0.3 is 0 Å². The van der Waals surface area contributed by atoms with Gasteiger partial charge in [0.1, 0.15) is 5.75 Å². The van der Waals surface area contributed by atoms with Crippen molar-refractivity contribution in [1.29, 1.82) is 0 Å². The Morgan fingerprint density at radius 1 is 1.04 bits per heavy atom. The van der Waals surface area contributed by atoms with Gasteiger partial charge in [0.05, 0.1) is 23.5 Å². The molecule has 4 aromatic rings. The number of hydrogen-bond acceptors (Lipinski definition) is 4.